The molecule has 78 valence electrons. The molecule has 0 atom stereocenters. The van der Waals surface area contributed by atoms with Gasteiger partial charge in [0.15, 0.2) is 5.15 Å². The van der Waals surface area contributed by atoms with Gasteiger partial charge in [-0.1, -0.05) is 11.6 Å². The Labute approximate surface area is 93.1 Å². The lowest BCUT2D eigenvalue weighted by molar-refractivity contribution is 0.515. The minimum Gasteiger partial charge on any atom is -0.467 e. The number of aryl methyl sites for hydroxylation is 1. The molecule has 2 aromatic heterocycles. The number of halogens is 1. The van der Waals surface area contributed by atoms with E-state index in [4.69, 9.17) is 16.0 Å². The van der Waals surface area contributed by atoms with Crippen molar-refractivity contribution in [3.05, 3.63) is 47.1 Å². The Balaban J connectivity index is 2.06. The van der Waals surface area contributed by atoms with E-state index < -0.39 is 0 Å². The Morgan fingerprint density at radius 3 is 3.00 bits per heavy atom. The van der Waals surface area contributed by atoms with E-state index in [9.17, 15) is 0 Å². The van der Waals surface area contributed by atoms with Gasteiger partial charge in [-0.3, -0.25) is 0 Å². The maximum absolute atomic E-state index is 5.90. The van der Waals surface area contributed by atoms with Crippen LogP contribution in [0.1, 0.15) is 11.3 Å². The maximum atomic E-state index is 5.90. The fraction of sp³-hybridized carbons (Fsp3) is 0.182. The number of furan rings is 1. The molecule has 0 spiro atoms. The molecule has 2 heterocycles. The first-order chi connectivity index (χ1) is 7.27. The zero-order valence-electron chi connectivity index (χ0n) is 8.33. The zero-order valence-corrected chi connectivity index (χ0v) is 9.08. The molecule has 0 unspecified atom stereocenters. The molecule has 0 saturated carbocycles. The third-order valence-corrected chi connectivity index (χ3v) is 2.47. The van der Waals surface area contributed by atoms with Crippen molar-refractivity contribution in [3.63, 3.8) is 0 Å². The summed E-state index contributed by atoms with van der Waals surface area (Å²) >= 11 is 5.90. The minimum absolute atomic E-state index is 0.474. The first kappa shape index (κ1) is 10.1. The molecule has 0 aliphatic carbocycles. The van der Waals surface area contributed by atoms with Crippen molar-refractivity contribution in [1.29, 1.82) is 0 Å². The fourth-order valence-corrected chi connectivity index (χ4v) is 1.46. The standard InChI is InChI=1S/C11H11ClN2O/c1-8-4-6-15-10(8)7-14-9-3-2-5-13-11(9)12/h2-6,14H,7H2,1H3. The molecule has 0 saturated heterocycles. The lowest BCUT2D eigenvalue weighted by Gasteiger charge is -2.05. The van der Waals surface area contributed by atoms with Crippen LogP contribution in [0.2, 0.25) is 5.15 Å². The Hall–Kier alpha value is -1.48. The Morgan fingerprint density at radius 2 is 2.33 bits per heavy atom. The van der Waals surface area contributed by atoms with Crippen LogP contribution >= 0.6 is 11.6 Å². The summed E-state index contributed by atoms with van der Waals surface area (Å²) in [5.41, 5.74) is 1.94. The smallest absolute Gasteiger partial charge is 0.152 e. The normalized spacial score (nSPS) is 10.3. The summed E-state index contributed by atoms with van der Waals surface area (Å²) in [4.78, 5) is 3.97. The quantitative estimate of drug-likeness (QED) is 0.811. The third kappa shape index (κ3) is 2.30. The molecular formula is C11H11ClN2O. The van der Waals surface area contributed by atoms with Crippen LogP contribution in [-0.2, 0) is 6.54 Å². The molecule has 2 aromatic rings. The van der Waals surface area contributed by atoms with Crippen molar-refractivity contribution in [3.8, 4) is 0 Å². The van der Waals surface area contributed by atoms with Crippen LogP contribution in [0, 0.1) is 6.92 Å². The highest BCUT2D eigenvalue weighted by atomic mass is 35.5. The molecule has 15 heavy (non-hydrogen) atoms. The minimum atomic E-state index is 0.474. The number of hydrogen-bond donors (Lipinski definition) is 1. The molecule has 1 N–H and O–H groups in total. The van der Waals surface area contributed by atoms with E-state index in [1.807, 2.05) is 25.1 Å². The van der Waals surface area contributed by atoms with Crippen LogP contribution in [0.4, 0.5) is 5.69 Å². The van der Waals surface area contributed by atoms with Gasteiger partial charge in [0.25, 0.3) is 0 Å². The van der Waals surface area contributed by atoms with Crippen molar-refractivity contribution in [1.82, 2.24) is 4.98 Å². The van der Waals surface area contributed by atoms with Crippen molar-refractivity contribution >= 4 is 17.3 Å². The van der Waals surface area contributed by atoms with Crippen LogP contribution < -0.4 is 5.32 Å². The summed E-state index contributed by atoms with van der Waals surface area (Å²) in [7, 11) is 0. The van der Waals surface area contributed by atoms with E-state index in [2.05, 4.69) is 10.3 Å². The highest BCUT2D eigenvalue weighted by Gasteiger charge is 2.03. The van der Waals surface area contributed by atoms with Crippen LogP contribution in [0.15, 0.2) is 35.1 Å². The lowest BCUT2D eigenvalue weighted by Crippen LogP contribution is -2.00. The van der Waals surface area contributed by atoms with Crippen LogP contribution in [-0.4, -0.2) is 4.98 Å². The van der Waals surface area contributed by atoms with Gasteiger partial charge in [-0.05, 0) is 30.7 Å². The van der Waals surface area contributed by atoms with Crippen molar-refractivity contribution in [2.75, 3.05) is 5.32 Å². The molecule has 0 amide bonds. The predicted octanol–water partition coefficient (Wildman–Crippen LogP) is 3.25. The highest BCUT2D eigenvalue weighted by molar-refractivity contribution is 6.31. The van der Waals surface area contributed by atoms with Gasteiger partial charge < -0.3 is 9.73 Å². The molecule has 0 fully saturated rings. The summed E-state index contributed by atoms with van der Waals surface area (Å²) in [5.74, 6) is 0.912. The summed E-state index contributed by atoms with van der Waals surface area (Å²) < 4.78 is 5.30. The number of rotatable bonds is 3. The second-order valence-electron chi connectivity index (χ2n) is 3.22. The van der Waals surface area contributed by atoms with Crippen molar-refractivity contribution < 1.29 is 4.42 Å². The van der Waals surface area contributed by atoms with Crippen LogP contribution in [0.5, 0.6) is 0 Å². The predicted molar refractivity (Wildman–Crippen MR) is 60.0 cm³/mol. The zero-order chi connectivity index (χ0) is 10.7. The maximum Gasteiger partial charge on any atom is 0.152 e. The summed E-state index contributed by atoms with van der Waals surface area (Å²) in [6, 6.07) is 5.65. The second-order valence-corrected chi connectivity index (χ2v) is 3.58. The third-order valence-electron chi connectivity index (χ3n) is 2.17. The van der Waals surface area contributed by atoms with E-state index in [1.165, 1.54) is 0 Å². The number of nitrogens with zero attached hydrogens (tertiary/aromatic N) is 1. The van der Waals surface area contributed by atoms with Gasteiger partial charge >= 0.3 is 0 Å². The first-order valence-electron chi connectivity index (χ1n) is 4.65. The summed E-state index contributed by atoms with van der Waals surface area (Å²) in [5, 5.41) is 3.64. The Morgan fingerprint density at radius 1 is 1.47 bits per heavy atom. The van der Waals surface area contributed by atoms with E-state index in [1.54, 1.807) is 12.5 Å². The van der Waals surface area contributed by atoms with Gasteiger partial charge in [-0.15, -0.1) is 0 Å². The molecule has 4 heteroatoms. The number of pyridine rings is 1. The average Bonchev–Trinajstić information content (AvgIpc) is 2.63. The monoisotopic (exact) mass is 222 g/mol. The van der Waals surface area contributed by atoms with Gasteiger partial charge in [0.1, 0.15) is 5.76 Å². The number of anilines is 1. The number of hydrogen-bond acceptors (Lipinski definition) is 3. The van der Waals surface area contributed by atoms with E-state index in [0.29, 0.717) is 11.7 Å². The van der Waals surface area contributed by atoms with E-state index >= 15 is 0 Å². The lowest BCUT2D eigenvalue weighted by atomic mass is 10.3. The largest absolute Gasteiger partial charge is 0.467 e. The van der Waals surface area contributed by atoms with Gasteiger partial charge in [-0.2, -0.15) is 0 Å². The Kier molecular flexibility index (Phi) is 2.92. The van der Waals surface area contributed by atoms with Gasteiger partial charge in [0, 0.05) is 6.20 Å². The van der Waals surface area contributed by atoms with Gasteiger partial charge in [0.05, 0.1) is 18.5 Å². The van der Waals surface area contributed by atoms with Crippen molar-refractivity contribution in [2.45, 2.75) is 13.5 Å². The van der Waals surface area contributed by atoms with E-state index in [0.717, 1.165) is 17.0 Å². The summed E-state index contributed by atoms with van der Waals surface area (Å²) in [6.45, 7) is 2.62. The van der Waals surface area contributed by atoms with E-state index in [-0.39, 0.29) is 0 Å². The first-order valence-corrected chi connectivity index (χ1v) is 5.02. The molecule has 0 aromatic carbocycles. The highest BCUT2D eigenvalue weighted by Crippen LogP contribution is 2.19. The van der Waals surface area contributed by atoms with Crippen LogP contribution in [0.25, 0.3) is 0 Å². The second kappa shape index (κ2) is 4.36. The topological polar surface area (TPSA) is 38.1 Å². The number of nitrogens with one attached hydrogen (secondary N) is 1. The molecular weight excluding hydrogens is 212 g/mol. The molecule has 0 radical (unpaired) electrons. The summed E-state index contributed by atoms with van der Waals surface area (Å²) in [6.07, 6.45) is 3.34. The Bertz CT molecular complexity index is 453. The molecule has 0 aliphatic rings. The molecule has 2 rings (SSSR count). The van der Waals surface area contributed by atoms with Crippen molar-refractivity contribution in [2.24, 2.45) is 0 Å². The van der Waals surface area contributed by atoms with Gasteiger partial charge in [-0.25, -0.2) is 4.98 Å². The SMILES string of the molecule is Cc1ccoc1CNc1cccnc1Cl. The molecule has 0 aliphatic heterocycles. The van der Waals surface area contributed by atoms with Gasteiger partial charge in [0.2, 0.25) is 0 Å². The molecule has 0 bridgehead atoms. The average molecular weight is 223 g/mol. The number of aromatic nitrogens is 1. The fourth-order valence-electron chi connectivity index (χ4n) is 1.28. The molecule has 3 nitrogen and oxygen atoms in total. The van der Waals surface area contributed by atoms with Crippen LogP contribution in [0.3, 0.4) is 0 Å².